The van der Waals surface area contributed by atoms with Crippen LogP contribution in [0.1, 0.15) is 28.7 Å². The SMILES string of the molecule is Cc1noc(C)c1CN(C)CC(O)c1ccc(F)cc1. The molecule has 0 aliphatic heterocycles. The molecule has 1 N–H and O–H groups in total. The second-order valence-corrected chi connectivity index (χ2v) is 5.07. The zero-order valence-electron chi connectivity index (χ0n) is 11.9. The van der Waals surface area contributed by atoms with Crippen LogP contribution in [0.25, 0.3) is 0 Å². The first-order chi connectivity index (χ1) is 9.47. The third-order valence-electron chi connectivity index (χ3n) is 3.35. The molecule has 1 atom stereocenters. The summed E-state index contributed by atoms with van der Waals surface area (Å²) < 4.78 is 18.0. The van der Waals surface area contributed by atoms with Crippen molar-refractivity contribution in [2.24, 2.45) is 0 Å². The molecule has 0 saturated carbocycles. The van der Waals surface area contributed by atoms with Gasteiger partial charge >= 0.3 is 0 Å². The Balaban J connectivity index is 1.97. The summed E-state index contributed by atoms with van der Waals surface area (Å²) in [6, 6.07) is 5.91. The van der Waals surface area contributed by atoms with Gasteiger partial charge in [0.2, 0.25) is 0 Å². The normalized spacial score (nSPS) is 12.9. The van der Waals surface area contributed by atoms with Gasteiger partial charge in [0.05, 0.1) is 11.8 Å². The first kappa shape index (κ1) is 14.7. The lowest BCUT2D eigenvalue weighted by Gasteiger charge is -2.20. The summed E-state index contributed by atoms with van der Waals surface area (Å²) in [5.74, 6) is 0.496. The van der Waals surface area contributed by atoms with E-state index < -0.39 is 6.10 Å². The Morgan fingerprint density at radius 3 is 2.50 bits per heavy atom. The molecule has 1 aromatic carbocycles. The Morgan fingerprint density at radius 1 is 1.30 bits per heavy atom. The molecule has 0 bridgehead atoms. The summed E-state index contributed by atoms with van der Waals surface area (Å²) in [6.07, 6.45) is -0.652. The van der Waals surface area contributed by atoms with Crippen LogP contribution in [0.2, 0.25) is 0 Å². The van der Waals surface area contributed by atoms with Gasteiger partial charge in [-0.2, -0.15) is 0 Å². The summed E-state index contributed by atoms with van der Waals surface area (Å²) in [5.41, 5.74) is 2.61. The lowest BCUT2D eigenvalue weighted by Crippen LogP contribution is -2.24. The number of hydrogen-bond acceptors (Lipinski definition) is 4. The van der Waals surface area contributed by atoms with Crippen LogP contribution in [0, 0.1) is 19.7 Å². The van der Waals surface area contributed by atoms with Gasteiger partial charge in [-0.3, -0.25) is 4.90 Å². The maximum Gasteiger partial charge on any atom is 0.138 e. The summed E-state index contributed by atoms with van der Waals surface area (Å²) in [6.45, 7) is 4.88. The Kier molecular flexibility index (Phi) is 4.52. The minimum absolute atomic E-state index is 0.301. The van der Waals surface area contributed by atoms with Gasteiger partial charge in [-0.1, -0.05) is 17.3 Å². The topological polar surface area (TPSA) is 49.5 Å². The van der Waals surface area contributed by atoms with E-state index in [0.717, 1.165) is 17.0 Å². The summed E-state index contributed by atoms with van der Waals surface area (Å²) in [5, 5.41) is 14.1. The Hall–Kier alpha value is -1.72. The molecule has 0 aliphatic rings. The van der Waals surface area contributed by atoms with Crippen molar-refractivity contribution in [2.75, 3.05) is 13.6 Å². The molecule has 0 saturated heterocycles. The number of halogens is 1. The van der Waals surface area contributed by atoms with Crippen LogP contribution in [0.15, 0.2) is 28.8 Å². The molecule has 108 valence electrons. The van der Waals surface area contributed by atoms with Crippen LogP contribution in [0.5, 0.6) is 0 Å². The van der Waals surface area contributed by atoms with Crippen LogP contribution in [0.4, 0.5) is 4.39 Å². The number of aryl methyl sites for hydroxylation is 2. The van der Waals surface area contributed by atoms with Crippen LogP contribution >= 0.6 is 0 Å². The number of aliphatic hydroxyl groups excluding tert-OH is 1. The second-order valence-electron chi connectivity index (χ2n) is 5.07. The van der Waals surface area contributed by atoms with Gasteiger partial charge < -0.3 is 9.63 Å². The van der Waals surface area contributed by atoms with E-state index in [0.29, 0.717) is 18.7 Å². The Labute approximate surface area is 117 Å². The maximum absolute atomic E-state index is 12.8. The van der Waals surface area contributed by atoms with E-state index in [9.17, 15) is 9.50 Å². The summed E-state index contributed by atoms with van der Waals surface area (Å²) in [7, 11) is 1.92. The third kappa shape index (κ3) is 3.43. The molecule has 2 rings (SSSR count). The molecule has 1 aromatic heterocycles. The largest absolute Gasteiger partial charge is 0.387 e. The molecule has 4 nitrogen and oxygen atoms in total. The molecule has 20 heavy (non-hydrogen) atoms. The molecular formula is C15H19FN2O2. The van der Waals surface area contributed by atoms with E-state index in [1.54, 1.807) is 12.1 Å². The number of likely N-dealkylation sites (N-methyl/N-ethyl adjacent to an activating group) is 1. The first-order valence-electron chi connectivity index (χ1n) is 6.51. The number of hydrogen-bond donors (Lipinski definition) is 1. The van der Waals surface area contributed by atoms with Crippen molar-refractivity contribution in [3.8, 4) is 0 Å². The number of rotatable bonds is 5. The van der Waals surface area contributed by atoms with Crippen molar-refractivity contribution >= 4 is 0 Å². The van der Waals surface area contributed by atoms with Crippen molar-refractivity contribution < 1.29 is 14.0 Å². The van der Waals surface area contributed by atoms with Gasteiger partial charge in [0.15, 0.2) is 0 Å². The van der Waals surface area contributed by atoms with E-state index >= 15 is 0 Å². The van der Waals surface area contributed by atoms with Crippen LogP contribution < -0.4 is 0 Å². The second kappa shape index (κ2) is 6.15. The molecule has 0 spiro atoms. The lowest BCUT2D eigenvalue weighted by molar-refractivity contribution is 0.123. The smallest absolute Gasteiger partial charge is 0.138 e. The van der Waals surface area contributed by atoms with Gasteiger partial charge in [0, 0.05) is 18.7 Å². The highest BCUT2D eigenvalue weighted by molar-refractivity contribution is 5.21. The molecule has 1 heterocycles. The standard InChI is InChI=1S/C15H19FN2O2/c1-10-14(11(2)20-17-10)8-18(3)9-15(19)12-4-6-13(16)7-5-12/h4-7,15,19H,8-9H2,1-3H3. The van der Waals surface area contributed by atoms with Crippen molar-refractivity contribution in [1.29, 1.82) is 0 Å². The Morgan fingerprint density at radius 2 is 1.95 bits per heavy atom. The molecule has 0 fully saturated rings. The number of aliphatic hydroxyl groups is 1. The van der Waals surface area contributed by atoms with Gasteiger partial charge in [0.1, 0.15) is 11.6 Å². The minimum atomic E-state index is -0.652. The van der Waals surface area contributed by atoms with Gasteiger partial charge in [-0.05, 0) is 38.6 Å². The molecule has 0 radical (unpaired) electrons. The highest BCUT2D eigenvalue weighted by Crippen LogP contribution is 2.18. The molecule has 5 heteroatoms. The van der Waals surface area contributed by atoms with Gasteiger partial charge in [-0.15, -0.1) is 0 Å². The highest BCUT2D eigenvalue weighted by Gasteiger charge is 2.15. The van der Waals surface area contributed by atoms with Crippen LogP contribution in [0.3, 0.4) is 0 Å². The van der Waals surface area contributed by atoms with Crippen molar-refractivity contribution in [2.45, 2.75) is 26.5 Å². The quantitative estimate of drug-likeness (QED) is 0.913. The summed E-state index contributed by atoms with van der Waals surface area (Å²) in [4.78, 5) is 1.99. The van der Waals surface area contributed by atoms with Crippen molar-refractivity contribution in [1.82, 2.24) is 10.1 Å². The predicted molar refractivity (Wildman–Crippen MR) is 73.7 cm³/mol. The zero-order chi connectivity index (χ0) is 14.7. The lowest BCUT2D eigenvalue weighted by atomic mass is 10.1. The average molecular weight is 278 g/mol. The fraction of sp³-hybridized carbons (Fsp3) is 0.400. The van der Waals surface area contributed by atoms with E-state index in [1.165, 1.54) is 12.1 Å². The average Bonchev–Trinajstić information content (AvgIpc) is 2.71. The molecule has 1 unspecified atom stereocenters. The molecule has 0 amide bonds. The minimum Gasteiger partial charge on any atom is -0.387 e. The van der Waals surface area contributed by atoms with E-state index in [1.807, 2.05) is 25.8 Å². The Bertz CT molecular complexity index is 546. The molecule has 2 aromatic rings. The van der Waals surface area contributed by atoms with Gasteiger partial charge in [0.25, 0.3) is 0 Å². The summed E-state index contributed by atoms with van der Waals surface area (Å²) >= 11 is 0. The van der Waals surface area contributed by atoms with Gasteiger partial charge in [-0.25, -0.2) is 4.39 Å². The fourth-order valence-electron chi connectivity index (χ4n) is 2.15. The van der Waals surface area contributed by atoms with E-state index in [2.05, 4.69) is 5.16 Å². The fourth-order valence-corrected chi connectivity index (χ4v) is 2.15. The highest BCUT2D eigenvalue weighted by atomic mass is 19.1. The van der Waals surface area contributed by atoms with Crippen LogP contribution in [-0.4, -0.2) is 28.8 Å². The maximum atomic E-state index is 12.8. The monoisotopic (exact) mass is 278 g/mol. The van der Waals surface area contributed by atoms with Crippen molar-refractivity contribution in [3.05, 3.63) is 52.7 Å². The molecular weight excluding hydrogens is 259 g/mol. The number of aromatic nitrogens is 1. The predicted octanol–water partition coefficient (Wildman–Crippen LogP) is 2.60. The number of benzene rings is 1. The van der Waals surface area contributed by atoms with Crippen LogP contribution in [-0.2, 0) is 6.54 Å². The number of nitrogens with zero attached hydrogens (tertiary/aromatic N) is 2. The van der Waals surface area contributed by atoms with Crippen molar-refractivity contribution in [3.63, 3.8) is 0 Å². The first-order valence-corrected chi connectivity index (χ1v) is 6.51. The van der Waals surface area contributed by atoms with E-state index in [4.69, 9.17) is 4.52 Å². The van der Waals surface area contributed by atoms with E-state index in [-0.39, 0.29) is 5.82 Å². The zero-order valence-corrected chi connectivity index (χ0v) is 11.9. The molecule has 0 aliphatic carbocycles. The third-order valence-corrected chi connectivity index (χ3v) is 3.35.